The molecule has 2 aliphatic rings. The molecule has 0 aromatic heterocycles. The summed E-state index contributed by atoms with van der Waals surface area (Å²) < 4.78 is 0. The first kappa shape index (κ1) is 29.8. The minimum Gasteiger partial charge on any atom is -0.368 e. The first-order valence-electron chi connectivity index (χ1n) is 14.7. The maximum Gasteiger partial charge on any atom is 0.243 e. The highest BCUT2D eigenvalue weighted by Crippen LogP contribution is 2.33. The second-order valence-electron chi connectivity index (χ2n) is 13.2. The van der Waals surface area contributed by atoms with Crippen molar-refractivity contribution in [3.05, 3.63) is 69.8 Å². The van der Waals surface area contributed by atoms with E-state index in [1.165, 1.54) is 11.1 Å². The third kappa shape index (κ3) is 7.11. The largest absolute Gasteiger partial charge is 0.368 e. The second-order valence-corrected chi connectivity index (χ2v) is 13.2. The molecule has 40 heavy (non-hydrogen) atoms. The van der Waals surface area contributed by atoms with E-state index in [1.807, 2.05) is 4.90 Å². The Morgan fingerprint density at radius 2 is 1.75 bits per heavy atom. The van der Waals surface area contributed by atoms with Crippen molar-refractivity contribution in [2.24, 2.45) is 11.1 Å². The molecular weight excluding hydrogens is 500 g/mol. The Morgan fingerprint density at radius 1 is 1.02 bits per heavy atom. The van der Waals surface area contributed by atoms with E-state index < -0.39 is 12.1 Å². The molecule has 216 valence electrons. The van der Waals surface area contributed by atoms with Gasteiger partial charge in [-0.15, -0.1) is 0 Å². The van der Waals surface area contributed by atoms with Gasteiger partial charge in [0.15, 0.2) is 0 Å². The number of aryl methyl sites for hydroxylation is 1. The minimum absolute atomic E-state index is 0.0224. The Balaban J connectivity index is 1.57. The zero-order valence-electron chi connectivity index (χ0n) is 25.0. The number of nitrogens with one attached hydrogen (secondary N) is 2. The number of nitrogens with two attached hydrogens (primary N) is 1. The van der Waals surface area contributed by atoms with Crippen molar-refractivity contribution in [2.45, 2.75) is 111 Å². The number of fused-ring (bicyclic) bond motifs is 2. The van der Waals surface area contributed by atoms with Crippen LogP contribution in [-0.4, -0.2) is 34.7 Å². The lowest BCUT2D eigenvalue weighted by Crippen LogP contribution is -2.53. The summed E-state index contributed by atoms with van der Waals surface area (Å²) in [4.78, 5) is 40.8. The van der Waals surface area contributed by atoms with E-state index in [9.17, 15) is 14.4 Å². The van der Waals surface area contributed by atoms with Crippen molar-refractivity contribution in [1.29, 1.82) is 0 Å². The summed E-state index contributed by atoms with van der Waals surface area (Å²) >= 11 is 0. The summed E-state index contributed by atoms with van der Waals surface area (Å²) in [5.41, 5.74) is 12.2. The second kappa shape index (κ2) is 12.1. The molecule has 3 amide bonds. The molecule has 7 heteroatoms. The average Bonchev–Trinajstić information content (AvgIpc) is 2.89. The Bertz CT molecular complexity index is 1260. The van der Waals surface area contributed by atoms with Gasteiger partial charge in [-0.2, -0.15) is 0 Å². The number of amides is 3. The van der Waals surface area contributed by atoms with Crippen LogP contribution in [0.1, 0.15) is 106 Å². The van der Waals surface area contributed by atoms with E-state index in [0.29, 0.717) is 31.8 Å². The molecule has 4 N–H and O–H groups in total. The Morgan fingerprint density at radius 3 is 2.42 bits per heavy atom. The molecule has 0 saturated heterocycles. The molecule has 3 atom stereocenters. The van der Waals surface area contributed by atoms with E-state index in [0.717, 1.165) is 41.5 Å². The van der Waals surface area contributed by atoms with E-state index in [4.69, 9.17) is 5.73 Å². The van der Waals surface area contributed by atoms with Gasteiger partial charge < -0.3 is 21.3 Å². The van der Waals surface area contributed by atoms with E-state index >= 15 is 0 Å². The summed E-state index contributed by atoms with van der Waals surface area (Å²) in [6.45, 7) is 13.3. The van der Waals surface area contributed by atoms with Crippen LogP contribution in [-0.2, 0) is 40.3 Å². The van der Waals surface area contributed by atoms with Crippen LogP contribution in [0, 0.1) is 5.41 Å². The third-order valence-corrected chi connectivity index (χ3v) is 8.21. The number of nitrogens with zero attached hydrogens (tertiary/aromatic N) is 1. The van der Waals surface area contributed by atoms with Gasteiger partial charge in [-0.05, 0) is 70.9 Å². The van der Waals surface area contributed by atoms with Crippen molar-refractivity contribution in [3.8, 4) is 0 Å². The number of rotatable bonds is 8. The predicted octanol–water partition coefficient (Wildman–Crippen LogP) is 4.66. The summed E-state index contributed by atoms with van der Waals surface area (Å²) in [5.74, 6) is -0.0579. The maximum absolute atomic E-state index is 13.9. The lowest BCUT2D eigenvalue weighted by molar-refractivity contribution is -0.143. The highest BCUT2D eigenvalue weighted by Gasteiger charge is 2.37. The van der Waals surface area contributed by atoms with Gasteiger partial charge in [-0.3, -0.25) is 14.4 Å². The molecule has 1 aliphatic carbocycles. The van der Waals surface area contributed by atoms with E-state index in [-0.39, 0.29) is 29.2 Å². The molecule has 4 rings (SSSR count). The van der Waals surface area contributed by atoms with Crippen LogP contribution >= 0.6 is 0 Å². The van der Waals surface area contributed by atoms with Gasteiger partial charge in [-0.25, -0.2) is 0 Å². The topological polar surface area (TPSA) is 105 Å². The van der Waals surface area contributed by atoms with E-state index in [1.54, 1.807) is 6.92 Å². The smallest absolute Gasteiger partial charge is 0.243 e. The molecule has 0 saturated carbocycles. The Labute approximate surface area is 239 Å². The third-order valence-electron chi connectivity index (χ3n) is 8.21. The Kier molecular flexibility index (Phi) is 9.03. The minimum atomic E-state index is -0.543. The van der Waals surface area contributed by atoms with Crippen molar-refractivity contribution < 1.29 is 14.4 Å². The Hall–Kier alpha value is -3.19. The van der Waals surface area contributed by atoms with Crippen LogP contribution in [0.15, 0.2) is 36.4 Å². The predicted molar refractivity (Wildman–Crippen MR) is 158 cm³/mol. The molecule has 0 fully saturated rings. The number of hydrogen-bond donors (Lipinski definition) is 3. The van der Waals surface area contributed by atoms with Gasteiger partial charge in [0.05, 0.1) is 12.1 Å². The van der Waals surface area contributed by atoms with E-state index in [2.05, 4.69) is 81.7 Å². The molecule has 1 heterocycles. The zero-order chi connectivity index (χ0) is 29.2. The quantitative estimate of drug-likeness (QED) is 0.448. The number of benzene rings is 2. The van der Waals surface area contributed by atoms with Crippen molar-refractivity contribution in [1.82, 2.24) is 15.5 Å². The number of carbonyl (C=O) groups excluding carboxylic acids is 3. The normalized spacial score (nSPS) is 19.5. The lowest BCUT2D eigenvalue weighted by atomic mass is 9.85. The average molecular weight is 547 g/mol. The summed E-state index contributed by atoms with van der Waals surface area (Å²) in [6.07, 6.45) is 3.72. The number of hydrogen-bond acceptors (Lipinski definition) is 4. The molecule has 7 nitrogen and oxygen atoms in total. The SMILES string of the molecule is CC(C)c1ccc2c(c1)CN(C(=O)CC(C)(C)C)[C@H](C(=O)NC1CCCc3ccc(CN[C@@H](C)C(N)=O)cc31)C2. The number of primary amides is 1. The highest BCUT2D eigenvalue weighted by atomic mass is 16.2. The van der Waals surface area contributed by atoms with Gasteiger partial charge in [0.1, 0.15) is 6.04 Å². The molecule has 0 bridgehead atoms. The monoisotopic (exact) mass is 546 g/mol. The maximum atomic E-state index is 13.9. The summed E-state index contributed by atoms with van der Waals surface area (Å²) in [7, 11) is 0. The summed E-state index contributed by atoms with van der Waals surface area (Å²) in [6, 6.07) is 11.7. The van der Waals surface area contributed by atoms with Gasteiger partial charge in [0.2, 0.25) is 17.7 Å². The fourth-order valence-corrected chi connectivity index (χ4v) is 5.76. The van der Waals surface area contributed by atoms with Crippen LogP contribution in [0.4, 0.5) is 0 Å². The van der Waals surface area contributed by atoms with Gasteiger partial charge in [0.25, 0.3) is 0 Å². The molecule has 2 aromatic rings. The first-order chi connectivity index (χ1) is 18.8. The fraction of sp³-hybridized carbons (Fsp3) is 0.545. The lowest BCUT2D eigenvalue weighted by Gasteiger charge is -2.39. The van der Waals surface area contributed by atoms with Crippen LogP contribution in [0.3, 0.4) is 0 Å². The van der Waals surface area contributed by atoms with Gasteiger partial charge in [-0.1, -0.05) is 71.0 Å². The van der Waals surface area contributed by atoms with Crippen molar-refractivity contribution in [2.75, 3.05) is 0 Å². The molecule has 1 aliphatic heterocycles. The van der Waals surface area contributed by atoms with Crippen molar-refractivity contribution in [3.63, 3.8) is 0 Å². The molecular formula is C33H46N4O3. The van der Waals surface area contributed by atoms with Crippen LogP contribution in [0.25, 0.3) is 0 Å². The zero-order valence-corrected chi connectivity index (χ0v) is 25.0. The first-order valence-corrected chi connectivity index (χ1v) is 14.7. The molecule has 0 radical (unpaired) electrons. The van der Waals surface area contributed by atoms with Crippen LogP contribution in [0.2, 0.25) is 0 Å². The highest BCUT2D eigenvalue weighted by molar-refractivity contribution is 5.89. The van der Waals surface area contributed by atoms with Gasteiger partial charge in [0, 0.05) is 25.9 Å². The summed E-state index contributed by atoms with van der Waals surface area (Å²) in [5, 5.41) is 6.50. The van der Waals surface area contributed by atoms with Gasteiger partial charge >= 0.3 is 0 Å². The fourth-order valence-electron chi connectivity index (χ4n) is 5.76. The standard InChI is InChI=1S/C33H46N4O3/c1-20(2)24-12-13-25-16-29(37(19-26(25)15-24)30(38)17-33(4,5)6)32(40)36-28-9-7-8-23-11-10-22(14-27(23)28)18-35-21(3)31(34)39/h10-15,20-21,28-29,35H,7-9,16-19H2,1-6H3,(H2,34,39)(H,36,40)/t21-,28?,29-/m0/s1. The van der Waals surface area contributed by atoms with Crippen LogP contribution < -0.4 is 16.4 Å². The number of carbonyl (C=O) groups is 3. The molecule has 1 unspecified atom stereocenters. The molecule has 2 aromatic carbocycles. The molecule has 0 spiro atoms. The van der Waals surface area contributed by atoms with Crippen molar-refractivity contribution >= 4 is 17.7 Å². The van der Waals surface area contributed by atoms with Crippen LogP contribution in [0.5, 0.6) is 0 Å².